The summed E-state index contributed by atoms with van der Waals surface area (Å²) in [7, 11) is -2.14. The molecule has 2 aromatic carbocycles. The van der Waals surface area contributed by atoms with Crippen molar-refractivity contribution in [2.45, 2.75) is 17.6 Å². The molecule has 0 saturated heterocycles. The maximum absolute atomic E-state index is 12.8. The van der Waals surface area contributed by atoms with Gasteiger partial charge in [-0.05, 0) is 35.9 Å². The second kappa shape index (κ2) is 7.28. The van der Waals surface area contributed by atoms with Crippen LogP contribution in [0.1, 0.15) is 21.5 Å². The molecule has 0 fully saturated rings. The first-order valence-corrected chi connectivity index (χ1v) is 9.58. The standard InChI is InChI=1S/C17H15ClF3NO3S/c1-22(10-11-4-3-5-12(8-11)17(19,20)21)16(23)14-9-13(26(2,24)25)6-7-15(14)18/h3-9H,10H2,1-2H3. The summed E-state index contributed by atoms with van der Waals surface area (Å²) >= 11 is 5.98. The van der Waals surface area contributed by atoms with E-state index in [0.717, 1.165) is 24.5 Å². The van der Waals surface area contributed by atoms with Crippen molar-refractivity contribution in [1.82, 2.24) is 4.90 Å². The molecule has 0 saturated carbocycles. The van der Waals surface area contributed by atoms with Gasteiger partial charge in [0.25, 0.3) is 5.91 Å². The number of nitrogens with zero attached hydrogens (tertiary/aromatic N) is 1. The molecule has 0 aliphatic carbocycles. The van der Waals surface area contributed by atoms with Crippen LogP contribution in [0.4, 0.5) is 13.2 Å². The Morgan fingerprint density at radius 3 is 2.38 bits per heavy atom. The van der Waals surface area contributed by atoms with E-state index in [9.17, 15) is 26.4 Å². The highest BCUT2D eigenvalue weighted by Crippen LogP contribution is 2.30. The van der Waals surface area contributed by atoms with Gasteiger partial charge in [-0.2, -0.15) is 13.2 Å². The summed E-state index contributed by atoms with van der Waals surface area (Å²) in [6.07, 6.45) is -3.48. The number of hydrogen-bond acceptors (Lipinski definition) is 3. The van der Waals surface area contributed by atoms with Crippen LogP contribution < -0.4 is 0 Å². The highest BCUT2D eigenvalue weighted by molar-refractivity contribution is 7.90. The van der Waals surface area contributed by atoms with E-state index < -0.39 is 27.5 Å². The average molecular weight is 406 g/mol. The van der Waals surface area contributed by atoms with E-state index in [1.165, 1.54) is 36.2 Å². The molecule has 0 heterocycles. The summed E-state index contributed by atoms with van der Waals surface area (Å²) in [6, 6.07) is 8.35. The summed E-state index contributed by atoms with van der Waals surface area (Å²) in [5.41, 5.74) is -0.567. The van der Waals surface area contributed by atoms with Crippen LogP contribution in [0.5, 0.6) is 0 Å². The summed E-state index contributed by atoms with van der Waals surface area (Å²) < 4.78 is 61.6. The van der Waals surface area contributed by atoms with Crippen LogP contribution >= 0.6 is 11.6 Å². The van der Waals surface area contributed by atoms with Gasteiger partial charge in [-0.15, -0.1) is 0 Å². The number of rotatable bonds is 4. The van der Waals surface area contributed by atoms with E-state index in [4.69, 9.17) is 11.6 Å². The molecule has 2 aromatic rings. The van der Waals surface area contributed by atoms with Gasteiger partial charge in [-0.3, -0.25) is 4.79 Å². The molecule has 0 aliphatic heterocycles. The molecule has 1 amide bonds. The molecule has 140 valence electrons. The Hall–Kier alpha value is -2.06. The lowest BCUT2D eigenvalue weighted by Crippen LogP contribution is -2.26. The fourth-order valence-electron chi connectivity index (χ4n) is 2.30. The minimum absolute atomic E-state index is 0.0379. The van der Waals surface area contributed by atoms with E-state index in [0.29, 0.717) is 0 Å². The van der Waals surface area contributed by atoms with Crippen molar-refractivity contribution < 1.29 is 26.4 Å². The Kier molecular flexibility index (Phi) is 5.67. The third-order valence-electron chi connectivity index (χ3n) is 3.62. The maximum Gasteiger partial charge on any atom is 0.416 e. The highest BCUT2D eigenvalue weighted by atomic mass is 35.5. The molecular weight excluding hydrogens is 391 g/mol. The van der Waals surface area contributed by atoms with Crippen molar-refractivity contribution in [3.05, 3.63) is 64.2 Å². The minimum Gasteiger partial charge on any atom is -0.337 e. The molecule has 0 radical (unpaired) electrons. The van der Waals surface area contributed by atoms with Gasteiger partial charge in [-0.1, -0.05) is 23.7 Å². The predicted molar refractivity (Wildman–Crippen MR) is 91.8 cm³/mol. The van der Waals surface area contributed by atoms with Crippen molar-refractivity contribution in [3.8, 4) is 0 Å². The summed E-state index contributed by atoms with van der Waals surface area (Å²) in [5.74, 6) is -0.599. The normalized spacial score (nSPS) is 12.1. The topological polar surface area (TPSA) is 54.5 Å². The molecule has 0 unspecified atom stereocenters. The SMILES string of the molecule is CN(Cc1cccc(C(F)(F)F)c1)C(=O)c1cc(S(C)(=O)=O)ccc1Cl. The second-order valence-corrected chi connectivity index (χ2v) is 8.20. The number of amides is 1. The first kappa shape index (κ1) is 20.3. The smallest absolute Gasteiger partial charge is 0.337 e. The van der Waals surface area contributed by atoms with E-state index in [2.05, 4.69) is 0 Å². The lowest BCUT2D eigenvalue weighted by atomic mass is 10.1. The quantitative estimate of drug-likeness (QED) is 0.771. The zero-order valence-electron chi connectivity index (χ0n) is 13.8. The van der Waals surface area contributed by atoms with Gasteiger partial charge in [0.2, 0.25) is 0 Å². The second-order valence-electron chi connectivity index (χ2n) is 5.77. The Morgan fingerprint density at radius 1 is 1.15 bits per heavy atom. The van der Waals surface area contributed by atoms with Crippen molar-refractivity contribution in [2.24, 2.45) is 0 Å². The fraction of sp³-hybridized carbons (Fsp3) is 0.235. The monoisotopic (exact) mass is 405 g/mol. The number of hydrogen-bond donors (Lipinski definition) is 0. The molecule has 26 heavy (non-hydrogen) atoms. The summed E-state index contributed by atoms with van der Waals surface area (Å²) in [4.78, 5) is 13.7. The zero-order chi connectivity index (χ0) is 19.7. The van der Waals surface area contributed by atoms with Crippen LogP contribution in [0.25, 0.3) is 0 Å². The van der Waals surface area contributed by atoms with E-state index >= 15 is 0 Å². The molecule has 0 aromatic heterocycles. The summed E-state index contributed by atoms with van der Waals surface area (Å²) in [5, 5.41) is 0.0540. The summed E-state index contributed by atoms with van der Waals surface area (Å²) in [6.45, 7) is -0.0951. The average Bonchev–Trinajstić information content (AvgIpc) is 2.53. The van der Waals surface area contributed by atoms with Gasteiger partial charge in [0.15, 0.2) is 9.84 Å². The van der Waals surface area contributed by atoms with Crippen LogP contribution in [0, 0.1) is 0 Å². The van der Waals surface area contributed by atoms with Crippen LogP contribution in [-0.2, 0) is 22.6 Å². The van der Waals surface area contributed by atoms with Crippen LogP contribution in [0.15, 0.2) is 47.4 Å². The Morgan fingerprint density at radius 2 is 1.81 bits per heavy atom. The van der Waals surface area contributed by atoms with E-state index in [1.807, 2.05) is 0 Å². The number of alkyl halides is 3. The first-order chi connectivity index (χ1) is 11.9. The number of sulfone groups is 1. The number of carbonyl (C=O) groups excluding carboxylic acids is 1. The van der Waals surface area contributed by atoms with E-state index in [1.54, 1.807) is 0 Å². The number of carbonyl (C=O) groups is 1. The van der Waals surface area contributed by atoms with Crippen molar-refractivity contribution in [1.29, 1.82) is 0 Å². The van der Waals surface area contributed by atoms with Gasteiger partial charge in [0.1, 0.15) is 0 Å². The molecule has 9 heteroatoms. The van der Waals surface area contributed by atoms with Gasteiger partial charge in [0, 0.05) is 19.8 Å². The lowest BCUT2D eigenvalue weighted by Gasteiger charge is -2.19. The van der Waals surface area contributed by atoms with Crippen LogP contribution in [0.3, 0.4) is 0 Å². The Bertz CT molecular complexity index is 943. The molecule has 0 atom stereocenters. The van der Waals surface area contributed by atoms with Crippen molar-refractivity contribution >= 4 is 27.3 Å². The maximum atomic E-state index is 12.8. The van der Waals surface area contributed by atoms with Gasteiger partial charge in [-0.25, -0.2) is 8.42 Å². The van der Waals surface area contributed by atoms with E-state index in [-0.39, 0.29) is 27.6 Å². The molecule has 0 spiro atoms. The van der Waals surface area contributed by atoms with Crippen LogP contribution in [0.2, 0.25) is 5.02 Å². The van der Waals surface area contributed by atoms with Crippen molar-refractivity contribution in [3.63, 3.8) is 0 Å². The van der Waals surface area contributed by atoms with Gasteiger partial charge >= 0.3 is 6.18 Å². The van der Waals surface area contributed by atoms with Crippen molar-refractivity contribution in [2.75, 3.05) is 13.3 Å². The van der Waals surface area contributed by atoms with Crippen LogP contribution in [-0.4, -0.2) is 32.5 Å². The molecule has 4 nitrogen and oxygen atoms in total. The number of benzene rings is 2. The molecular formula is C17H15ClF3NO3S. The molecule has 0 N–H and O–H groups in total. The first-order valence-electron chi connectivity index (χ1n) is 7.31. The Labute approximate surface area is 154 Å². The Balaban J connectivity index is 2.29. The largest absolute Gasteiger partial charge is 0.416 e. The molecule has 2 rings (SSSR count). The van der Waals surface area contributed by atoms with Gasteiger partial charge < -0.3 is 4.90 Å². The molecule has 0 aliphatic rings. The fourth-order valence-corrected chi connectivity index (χ4v) is 3.14. The highest BCUT2D eigenvalue weighted by Gasteiger charge is 2.30. The molecule has 0 bridgehead atoms. The third kappa shape index (κ3) is 4.76. The third-order valence-corrected chi connectivity index (χ3v) is 5.06. The van der Waals surface area contributed by atoms with Gasteiger partial charge in [0.05, 0.1) is 21.0 Å². The number of halogens is 4. The predicted octanol–water partition coefficient (Wildman–Crippen LogP) is 4.03. The zero-order valence-corrected chi connectivity index (χ0v) is 15.4. The lowest BCUT2D eigenvalue weighted by molar-refractivity contribution is -0.137. The minimum atomic E-state index is -4.48.